The van der Waals surface area contributed by atoms with Crippen LogP contribution in [-0.2, 0) is 16.8 Å². The van der Waals surface area contributed by atoms with Crippen LogP contribution in [0.5, 0.6) is 0 Å². The second-order valence-corrected chi connectivity index (χ2v) is 8.51. The Balaban J connectivity index is 0.00000240. The van der Waals surface area contributed by atoms with Crippen LogP contribution in [0.15, 0.2) is 60.7 Å². The summed E-state index contributed by atoms with van der Waals surface area (Å²) in [6.07, 6.45) is 5.87. The van der Waals surface area contributed by atoms with Crippen LogP contribution in [0, 0.1) is 5.92 Å². The Bertz CT molecular complexity index is 748. The molecule has 1 aliphatic heterocycles. The van der Waals surface area contributed by atoms with E-state index in [0.717, 1.165) is 30.9 Å². The zero-order valence-electron chi connectivity index (χ0n) is 18.5. The molecule has 4 nitrogen and oxygen atoms in total. The van der Waals surface area contributed by atoms with Crippen molar-refractivity contribution in [1.29, 1.82) is 0 Å². The van der Waals surface area contributed by atoms with Gasteiger partial charge in [0.25, 0.3) is 0 Å². The lowest BCUT2D eigenvalue weighted by Crippen LogP contribution is -2.49. The quantitative estimate of drug-likeness (QED) is 0.533. The number of nitrogens with one attached hydrogen (secondary N) is 1. The van der Waals surface area contributed by atoms with Crippen molar-refractivity contribution in [2.45, 2.75) is 44.6 Å². The van der Waals surface area contributed by atoms with Gasteiger partial charge in [0.15, 0.2) is 0 Å². The van der Waals surface area contributed by atoms with E-state index in [1.54, 1.807) is 6.92 Å². The van der Waals surface area contributed by atoms with Gasteiger partial charge in [-0.15, -0.1) is 24.8 Å². The first kappa shape index (κ1) is 27.4. The van der Waals surface area contributed by atoms with Gasteiger partial charge in [-0.1, -0.05) is 60.7 Å². The highest BCUT2D eigenvalue weighted by Gasteiger charge is 2.29. The summed E-state index contributed by atoms with van der Waals surface area (Å²) in [6, 6.07) is 20.4. The molecule has 1 saturated heterocycles. The van der Waals surface area contributed by atoms with Crippen molar-refractivity contribution in [2.24, 2.45) is 11.7 Å². The first-order chi connectivity index (χ1) is 14.1. The summed E-state index contributed by atoms with van der Waals surface area (Å²) >= 11 is 0. The number of nitrogens with zero attached hydrogens (tertiary/aromatic N) is 1. The van der Waals surface area contributed by atoms with Crippen molar-refractivity contribution in [1.82, 2.24) is 10.2 Å². The smallest absolute Gasteiger partial charge is 0.244 e. The van der Waals surface area contributed by atoms with Crippen molar-refractivity contribution in [3.8, 4) is 0 Å². The highest BCUT2D eigenvalue weighted by atomic mass is 35.5. The number of unbranched alkanes of at least 4 members (excludes halogenated alkanes) is 1. The highest BCUT2D eigenvalue weighted by molar-refractivity contribution is 5.87. The van der Waals surface area contributed by atoms with Gasteiger partial charge in [-0.05, 0) is 75.7 Å². The molecule has 0 aliphatic carbocycles. The van der Waals surface area contributed by atoms with Crippen LogP contribution in [0.1, 0.15) is 43.7 Å². The Kier molecular flexibility index (Phi) is 12.2. The molecule has 6 heteroatoms. The third-order valence-corrected chi connectivity index (χ3v) is 6.11. The number of carbonyl (C=O) groups excluding carboxylic acids is 1. The molecule has 31 heavy (non-hydrogen) atoms. The maximum Gasteiger partial charge on any atom is 0.244 e. The predicted octanol–water partition coefficient (Wildman–Crippen LogP) is 4.56. The molecule has 1 aliphatic rings. The van der Waals surface area contributed by atoms with E-state index in [9.17, 15) is 4.79 Å². The number of hydrogen-bond donors (Lipinski definition) is 2. The number of piperidine rings is 1. The van der Waals surface area contributed by atoms with Crippen LogP contribution in [0.3, 0.4) is 0 Å². The molecule has 0 saturated carbocycles. The van der Waals surface area contributed by atoms with Crippen LogP contribution in [0.2, 0.25) is 0 Å². The Morgan fingerprint density at radius 2 is 1.58 bits per heavy atom. The number of hydrogen-bond acceptors (Lipinski definition) is 3. The molecule has 1 atom stereocenters. The first-order valence-electron chi connectivity index (χ1n) is 10.9. The van der Waals surface area contributed by atoms with E-state index in [2.05, 4.69) is 40.5 Å². The highest BCUT2D eigenvalue weighted by Crippen LogP contribution is 2.22. The molecular weight excluding hydrogens is 429 g/mol. The number of likely N-dealkylation sites (tertiary alicyclic amines) is 1. The van der Waals surface area contributed by atoms with Gasteiger partial charge in [0.1, 0.15) is 5.54 Å². The molecule has 172 valence electrons. The fourth-order valence-corrected chi connectivity index (χ4v) is 4.12. The molecule has 2 aromatic carbocycles. The van der Waals surface area contributed by atoms with Gasteiger partial charge in [0.2, 0.25) is 5.91 Å². The third kappa shape index (κ3) is 8.46. The van der Waals surface area contributed by atoms with Gasteiger partial charge >= 0.3 is 0 Å². The fraction of sp³-hybridized carbons (Fsp3) is 0.480. The number of halogens is 2. The second-order valence-electron chi connectivity index (χ2n) is 8.51. The summed E-state index contributed by atoms with van der Waals surface area (Å²) in [7, 11) is 0. The Labute approximate surface area is 199 Å². The van der Waals surface area contributed by atoms with Crippen LogP contribution < -0.4 is 11.1 Å². The van der Waals surface area contributed by atoms with Gasteiger partial charge in [0.05, 0.1) is 0 Å². The Morgan fingerprint density at radius 1 is 1.00 bits per heavy atom. The lowest BCUT2D eigenvalue weighted by molar-refractivity contribution is -0.126. The van der Waals surface area contributed by atoms with Gasteiger partial charge < -0.3 is 16.0 Å². The zero-order chi connectivity index (χ0) is 20.5. The molecule has 3 N–H and O–H groups in total. The van der Waals surface area contributed by atoms with Crippen LogP contribution >= 0.6 is 24.8 Å². The Morgan fingerprint density at radius 3 is 2.19 bits per heavy atom. The predicted molar refractivity (Wildman–Crippen MR) is 134 cm³/mol. The summed E-state index contributed by atoms with van der Waals surface area (Å²) in [5, 5.41) is 3.01. The van der Waals surface area contributed by atoms with Crippen LogP contribution in [0.25, 0.3) is 0 Å². The van der Waals surface area contributed by atoms with Crippen molar-refractivity contribution >= 4 is 30.7 Å². The molecule has 1 amide bonds. The van der Waals surface area contributed by atoms with Gasteiger partial charge in [0, 0.05) is 6.54 Å². The average molecular weight is 466 g/mol. The minimum Gasteiger partial charge on any atom is -0.354 e. The third-order valence-electron chi connectivity index (χ3n) is 6.11. The van der Waals surface area contributed by atoms with E-state index in [1.165, 1.54) is 37.9 Å². The molecule has 3 rings (SSSR count). The molecule has 1 heterocycles. The average Bonchev–Trinajstić information content (AvgIpc) is 2.76. The van der Waals surface area contributed by atoms with E-state index in [0.29, 0.717) is 6.54 Å². The fourth-order valence-electron chi connectivity index (χ4n) is 4.12. The lowest BCUT2D eigenvalue weighted by atomic mass is 9.90. The van der Waals surface area contributed by atoms with Crippen molar-refractivity contribution in [3.05, 3.63) is 71.8 Å². The minimum atomic E-state index is -0.984. The van der Waals surface area contributed by atoms with Crippen molar-refractivity contribution < 1.29 is 4.79 Å². The summed E-state index contributed by atoms with van der Waals surface area (Å²) in [5.41, 5.74) is 7.58. The normalized spacial score (nSPS) is 16.5. The zero-order valence-corrected chi connectivity index (χ0v) is 20.1. The molecule has 1 unspecified atom stereocenters. The number of rotatable bonds is 9. The largest absolute Gasteiger partial charge is 0.354 e. The number of amides is 1. The van der Waals surface area contributed by atoms with Crippen molar-refractivity contribution in [3.63, 3.8) is 0 Å². The van der Waals surface area contributed by atoms with Crippen molar-refractivity contribution in [2.75, 3.05) is 26.2 Å². The molecule has 2 aromatic rings. The maximum atomic E-state index is 12.5. The molecule has 0 radical (unpaired) electrons. The number of nitrogens with two attached hydrogens (primary N) is 1. The maximum absolute atomic E-state index is 12.5. The van der Waals surface area contributed by atoms with E-state index in [1.807, 2.05) is 30.3 Å². The molecule has 1 fully saturated rings. The van der Waals surface area contributed by atoms with E-state index in [4.69, 9.17) is 5.73 Å². The van der Waals surface area contributed by atoms with E-state index < -0.39 is 5.54 Å². The van der Waals surface area contributed by atoms with Gasteiger partial charge in [-0.3, -0.25) is 4.79 Å². The summed E-state index contributed by atoms with van der Waals surface area (Å²) < 4.78 is 0. The lowest BCUT2D eigenvalue weighted by Gasteiger charge is -2.32. The molecule has 0 spiro atoms. The number of carbonyl (C=O) groups is 1. The number of benzene rings is 2. The van der Waals surface area contributed by atoms with Gasteiger partial charge in [-0.2, -0.15) is 0 Å². The van der Waals surface area contributed by atoms with E-state index >= 15 is 0 Å². The minimum absolute atomic E-state index is 0. The molecular formula is C25H37Cl2N3O. The van der Waals surface area contributed by atoms with E-state index in [-0.39, 0.29) is 30.7 Å². The Hall–Kier alpha value is -1.59. The van der Waals surface area contributed by atoms with Gasteiger partial charge in [-0.25, -0.2) is 0 Å². The standard InChI is InChI=1S/C25H35N3O.2ClH/c1-25(26,23-12-6-3-7-13-23)24(29)27-16-8-9-17-28-18-14-22(15-19-28)20-21-10-4-2-5-11-21;;/h2-7,10-13,22H,8-9,14-20,26H2,1H3,(H,27,29);2*1H. The first-order valence-corrected chi connectivity index (χ1v) is 10.9. The SMILES string of the molecule is CC(N)(C(=O)NCCCCN1CCC(Cc2ccccc2)CC1)c1ccccc1.Cl.Cl. The summed E-state index contributed by atoms with van der Waals surface area (Å²) in [4.78, 5) is 15.0. The van der Waals surface area contributed by atoms with Crippen LogP contribution in [-0.4, -0.2) is 37.0 Å². The topological polar surface area (TPSA) is 58.4 Å². The molecule has 0 aromatic heterocycles. The van der Waals surface area contributed by atoms with Crippen LogP contribution in [0.4, 0.5) is 0 Å². The summed E-state index contributed by atoms with van der Waals surface area (Å²) in [5.74, 6) is 0.707. The second kappa shape index (κ2) is 13.7. The monoisotopic (exact) mass is 465 g/mol. The molecule has 0 bridgehead atoms. The summed E-state index contributed by atoms with van der Waals surface area (Å²) in [6.45, 7) is 5.96.